The standard InChI is InChI=1S/C9H18.C7H16O2/c1-5-7-9(4)8(3)6-2;1-3-4-7(9)5-6(2)8/h5,8-9H,1,6-7H2,2-4H3;6-9H,3-5H2,1-2H3. The molecule has 4 atom stereocenters. The molecule has 0 saturated carbocycles. The van der Waals surface area contributed by atoms with E-state index in [9.17, 15) is 0 Å². The lowest BCUT2D eigenvalue weighted by Crippen LogP contribution is -2.13. The Morgan fingerprint density at radius 1 is 1.06 bits per heavy atom. The second kappa shape index (κ2) is 13.1. The van der Waals surface area contributed by atoms with Crippen LogP contribution in [0.2, 0.25) is 0 Å². The third kappa shape index (κ3) is 13.7. The first-order valence-corrected chi connectivity index (χ1v) is 7.35. The van der Waals surface area contributed by atoms with Crippen molar-refractivity contribution in [2.24, 2.45) is 11.8 Å². The van der Waals surface area contributed by atoms with Gasteiger partial charge in [0.1, 0.15) is 0 Å². The lowest BCUT2D eigenvalue weighted by molar-refractivity contribution is 0.0848. The number of hydrogen-bond donors (Lipinski definition) is 2. The van der Waals surface area contributed by atoms with Crippen LogP contribution in [0.3, 0.4) is 0 Å². The summed E-state index contributed by atoms with van der Waals surface area (Å²) < 4.78 is 0. The number of aliphatic hydroxyl groups is 2. The summed E-state index contributed by atoms with van der Waals surface area (Å²) in [6, 6.07) is 0. The van der Waals surface area contributed by atoms with Gasteiger partial charge in [-0.1, -0.05) is 46.6 Å². The van der Waals surface area contributed by atoms with Gasteiger partial charge in [0.15, 0.2) is 0 Å². The molecule has 0 aromatic heterocycles. The van der Waals surface area contributed by atoms with Crippen LogP contribution in [0.25, 0.3) is 0 Å². The number of rotatable bonds is 8. The molecule has 0 fully saturated rings. The molecule has 2 N–H and O–H groups in total. The zero-order valence-corrected chi connectivity index (χ0v) is 13.0. The van der Waals surface area contributed by atoms with Crippen molar-refractivity contribution in [3.63, 3.8) is 0 Å². The molecule has 0 spiro atoms. The molecule has 4 unspecified atom stereocenters. The van der Waals surface area contributed by atoms with Crippen LogP contribution in [0, 0.1) is 11.8 Å². The van der Waals surface area contributed by atoms with Crippen LogP contribution >= 0.6 is 0 Å². The molecular weight excluding hydrogens is 224 g/mol. The summed E-state index contributed by atoms with van der Waals surface area (Å²) in [5, 5.41) is 17.8. The second-order valence-electron chi connectivity index (χ2n) is 5.41. The maximum absolute atomic E-state index is 9.06. The van der Waals surface area contributed by atoms with Gasteiger partial charge in [-0.25, -0.2) is 0 Å². The van der Waals surface area contributed by atoms with E-state index in [1.54, 1.807) is 6.92 Å². The molecule has 0 amide bonds. The van der Waals surface area contributed by atoms with Gasteiger partial charge in [0, 0.05) is 0 Å². The van der Waals surface area contributed by atoms with Crippen molar-refractivity contribution in [3.8, 4) is 0 Å². The Balaban J connectivity index is 0. The zero-order chi connectivity index (χ0) is 14.6. The fourth-order valence-electron chi connectivity index (χ4n) is 1.74. The van der Waals surface area contributed by atoms with Gasteiger partial charge in [-0.2, -0.15) is 0 Å². The molecule has 0 aliphatic carbocycles. The van der Waals surface area contributed by atoms with Gasteiger partial charge in [0.05, 0.1) is 12.2 Å². The summed E-state index contributed by atoms with van der Waals surface area (Å²) in [4.78, 5) is 0. The Labute approximate surface area is 114 Å². The van der Waals surface area contributed by atoms with Crippen molar-refractivity contribution in [1.82, 2.24) is 0 Å². The highest BCUT2D eigenvalue weighted by molar-refractivity contribution is 4.72. The van der Waals surface area contributed by atoms with Crippen molar-refractivity contribution >= 4 is 0 Å². The van der Waals surface area contributed by atoms with Crippen LogP contribution in [-0.4, -0.2) is 22.4 Å². The normalized spacial score (nSPS) is 17.1. The van der Waals surface area contributed by atoms with Crippen molar-refractivity contribution in [2.75, 3.05) is 0 Å². The topological polar surface area (TPSA) is 40.5 Å². The molecule has 0 aliphatic heterocycles. The highest BCUT2D eigenvalue weighted by Crippen LogP contribution is 2.17. The molecule has 2 heteroatoms. The molecule has 0 heterocycles. The number of allylic oxidation sites excluding steroid dienone is 1. The van der Waals surface area contributed by atoms with Gasteiger partial charge in [0.2, 0.25) is 0 Å². The van der Waals surface area contributed by atoms with Crippen LogP contribution in [0.15, 0.2) is 12.7 Å². The molecule has 0 radical (unpaired) electrons. The molecule has 2 nitrogen and oxygen atoms in total. The Hall–Kier alpha value is -0.340. The monoisotopic (exact) mass is 258 g/mol. The van der Waals surface area contributed by atoms with E-state index in [1.807, 2.05) is 13.0 Å². The summed E-state index contributed by atoms with van der Waals surface area (Å²) in [6.45, 7) is 14.3. The largest absolute Gasteiger partial charge is 0.393 e. The van der Waals surface area contributed by atoms with E-state index in [0.29, 0.717) is 6.42 Å². The Bertz CT molecular complexity index is 178. The predicted octanol–water partition coefficient (Wildman–Crippen LogP) is 4.16. The minimum Gasteiger partial charge on any atom is -0.393 e. The summed E-state index contributed by atoms with van der Waals surface area (Å²) in [7, 11) is 0. The minimum atomic E-state index is -0.369. The van der Waals surface area contributed by atoms with Gasteiger partial charge in [-0.15, -0.1) is 6.58 Å². The average molecular weight is 258 g/mol. The second-order valence-corrected chi connectivity index (χ2v) is 5.41. The molecule has 0 bridgehead atoms. The van der Waals surface area contributed by atoms with Crippen molar-refractivity contribution in [3.05, 3.63) is 12.7 Å². The molecule has 18 heavy (non-hydrogen) atoms. The van der Waals surface area contributed by atoms with Gasteiger partial charge in [-0.3, -0.25) is 0 Å². The van der Waals surface area contributed by atoms with Crippen molar-refractivity contribution in [2.45, 2.75) is 78.9 Å². The maximum atomic E-state index is 9.06. The summed E-state index contributed by atoms with van der Waals surface area (Å²) in [5.74, 6) is 1.66. The van der Waals surface area contributed by atoms with E-state index in [2.05, 4.69) is 27.4 Å². The van der Waals surface area contributed by atoms with E-state index < -0.39 is 0 Å². The lowest BCUT2D eigenvalue weighted by Gasteiger charge is -2.15. The Morgan fingerprint density at radius 3 is 1.94 bits per heavy atom. The summed E-state index contributed by atoms with van der Waals surface area (Å²) in [6.07, 6.45) is 6.06. The molecule has 0 aromatic rings. The molecule has 0 aromatic carbocycles. The van der Waals surface area contributed by atoms with Gasteiger partial charge < -0.3 is 10.2 Å². The SMILES string of the molecule is C=CCC(C)C(C)CC.CCCC(O)CC(C)O. The highest BCUT2D eigenvalue weighted by atomic mass is 16.3. The molecular formula is C16H34O2. The van der Waals surface area contributed by atoms with Crippen LogP contribution in [-0.2, 0) is 0 Å². The maximum Gasteiger partial charge on any atom is 0.0564 e. The van der Waals surface area contributed by atoms with E-state index in [0.717, 1.165) is 31.1 Å². The fourth-order valence-corrected chi connectivity index (χ4v) is 1.74. The predicted molar refractivity (Wildman–Crippen MR) is 80.6 cm³/mol. The van der Waals surface area contributed by atoms with Crippen LogP contribution in [0.4, 0.5) is 0 Å². The Kier molecular flexibility index (Phi) is 14.5. The molecule has 110 valence electrons. The van der Waals surface area contributed by atoms with E-state index in [1.165, 1.54) is 6.42 Å². The van der Waals surface area contributed by atoms with E-state index in [4.69, 9.17) is 10.2 Å². The van der Waals surface area contributed by atoms with Crippen LogP contribution < -0.4 is 0 Å². The molecule has 0 saturated heterocycles. The third-order valence-corrected chi connectivity index (χ3v) is 3.39. The summed E-state index contributed by atoms with van der Waals surface area (Å²) >= 11 is 0. The average Bonchev–Trinajstić information content (AvgIpc) is 2.28. The lowest BCUT2D eigenvalue weighted by atomic mass is 9.91. The first kappa shape index (κ1) is 20.0. The molecule has 0 aliphatic rings. The fraction of sp³-hybridized carbons (Fsp3) is 0.875. The van der Waals surface area contributed by atoms with Crippen molar-refractivity contribution < 1.29 is 10.2 Å². The van der Waals surface area contributed by atoms with Crippen LogP contribution in [0.1, 0.15) is 66.7 Å². The van der Waals surface area contributed by atoms with Gasteiger partial charge >= 0.3 is 0 Å². The smallest absolute Gasteiger partial charge is 0.0564 e. The van der Waals surface area contributed by atoms with Gasteiger partial charge in [-0.05, 0) is 38.0 Å². The first-order chi connectivity index (χ1) is 8.38. The van der Waals surface area contributed by atoms with E-state index >= 15 is 0 Å². The Morgan fingerprint density at radius 2 is 1.61 bits per heavy atom. The molecule has 0 rings (SSSR count). The van der Waals surface area contributed by atoms with Gasteiger partial charge in [0.25, 0.3) is 0 Å². The minimum absolute atomic E-state index is 0.310. The summed E-state index contributed by atoms with van der Waals surface area (Å²) in [5.41, 5.74) is 0. The zero-order valence-electron chi connectivity index (χ0n) is 13.0. The highest BCUT2D eigenvalue weighted by Gasteiger charge is 2.06. The van der Waals surface area contributed by atoms with Crippen LogP contribution in [0.5, 0.6) is 0 Å². The number of aliphatic hydroxyl groups excluding tert-OH is 2. The third-order valence-electron chi connectivity index (χ3n) is 3.39. The quantitative estimate of drug-likeness (QED) is 0.642. The number of hydrogen-bond acceptors (Lipinski definition) is 2. The van der Waals surface area contributed by atoms with E-state index in [-0.39, 0.29) is 12.2 Å². The van der Waals surface area contributed by atoms with Crippen molar-refractivity contribution in [1.29, 1.82) is 0 Å². The first-order valence-electron chi connectivity index (χ1n) is 7.35.